The van der Waals surface area contributed by atoms with E-state index in [9.17, 15) is 4.79 Å². The Morgan fingerprint density at radius 2 is 2.05 bits per heavy atom. The van der Waals surface area contributed by atoms with E-state index in [1.165, 1.54) is 0 Å². The van der Waals surface area contributed by atoms with Crippen molar-refractivity contribution in [2.75, 3.05) is 12.4 Å². The molecule has 0 unspecified atom stereocenters. The van der Waals surface area contributed by atoms with Gasteiger partial charge in [0.25, 0.3) is 5.91 Å². The van der Waals surface area contributed by atoms with Crippen molar-refractivity contribution in [3.63, 3.8) is 0 Å². The standard InChI is InChI=1S/C16H13ClN2O2/c1-21-13-4-2-3-12(9-13)18-16(20)15-7-10-5-6-11(17)8-14(10)19-15/h2-9,19H,1H3,(H,18,20). The van der Waals surface area contributed by atoms with Crippen molar-refractivity contribution in [1.82, 2.24) is 4.98 Å². The molecule has 0 radical (unpaired) electrons. The number of fused-ring (bicyclic) bond motifs is 1. The number of rotatable bonds is 3. The Morgan fingerprint density at radius 1 is 1.19 bits per heavy atom. The molecule has 0 atom stereocenters. The van der Waals surface area contributed by atoms with Crippen LogP contribution in [0.25, 0.3) is 10.9 Å². The van der Waals surface area contributed by atoms with Crippen molar-refractivity contribution in [2.45, 2.75) is 0 Å². The number of halogens is 1. The minimum absolute atomic E-state index is 0.212. The Labute approximate surface area is 126 Å². The fourth-order valence-corrected chi connectivity index (χ4v) is 2.29. The number of hydrogen-bond acceptors (Lipinski definition) is 2. The van der Waals surface area contributed by atoms with Gasteiger partial charge < -0.3 is 15.0 Å². The number of aromatic amines is 1. The molecule has 0 fully saturated rings. The number of benzene rings is 2. The Hall–Kier alpha value is -2.46. The summed E-state index contributed by atoms with van der Waals surface area (Å²) < 4.78 is 5.13. The number of amides is 1. The smallest absolute Gasteiger partial charge is 0.272 e. The average molecular weight is 301 g/mol. The van der Waals surface area contributed by atoms with Crippen LogP contribution in [0, 0.1) is 0 Å². The van der Waals surface area contributed by atoms with Crippen LogP contribution in [0.5, 0.6) is 5.75 Å². The van der Waals surface area contributed by atoms with Gasteiger partial charge in [-0.05, 0) is 30.3 Å². The molecule has 2 N–H and O–H groups in total. The Kier molecular flexibility index (Phi) is 3.54. The molecule has 0 saturated carbocycles. The van der Waals surface area contributed by atoms with E-state index in [-0.39, 0.29) is 5.91 Å². The summed E-state index contributed by atoms with van der Waals surface area (Å²) >= 11 is 5.94. The summed E-state index contributed by atoms with van der Waals surface area (Å²) in [6, 6.07) is 14.5. The summed E-state index contributed by atoms with van der Waals surface area (Å²) in [5.74, 6) is 0.479. The molecule has 0 aliphatic rings. The first kappa shape index (κ1) is 13.5. The monoisotopic (exact) mass is 300 g/mol. The Balaban J connectivity index is 1.86. The van der Waals surface area contributed by atoms with Crippen LogP contribution < -0.4 is 10.1 Å². The molecule has 0 aliphatic carbocycles. The lowest BCUT2D eigenvalue weighted by molar-refractivity contribution is 0.102. The van der Waals surface area contributed by atoms with Crippen molar-refractivity contribution in [2.24, 2.45) is 0 Å². The van der Waals surface area contributed by atoms with Gasteiger partial charge >= 0.3 is 0 Å². The zero-order valence-corrected chi connectivity index (χ0v) is 12.1. The van der Waals surface area contributed by atoms with Crippen molar-refractivity contribution >= 4 is 34.1 Å². The second-order valence-electron chi connectivity index (χ2n) is 4.60. The fraction of sp³-hybridized carbons (Fsp3) is 0.0625. The second-order valence-corrected chi connectivity index (χ2v) is 5.04. The number of aromatic nitrogens is 1. The molecule has 0 spiro atoms. The molecule has 3 rings (SSSR count). The van der Waals surface area contributed by atoms with E-state index < -0.39 is 0 Å². The SMILES string of the molecule is COc1cccc(NC(=O)c2cc3ccc(Cl)cc3[nH]2)c1. The van der Waals surface area contributed by atoms with Crippen LogP contribution in [0.3, 0.4) is 0 Å². The van der Waals surface area contributed by atoms with E-state index in [0.717, 1.165) is 10.9 Å². The molecule has 5 heteroatoms. The third kappa shape index (κ3) is 2.85. The molecule has 1 amide bonds. The summed E-state index contributed by atoms with van der Waals surface area (Å²) in [6.45, 7) is 0. The summed E-state index contributed by atoms with van der Waals surface area (Å²) in [5, 5.41) is 4.39. The lowest BCUT2D eigenvalue weighted by Crippen LogP contribution is -2.12. The first-order valence-electron chi connectivity index (χ1n) is 6.39. The van der Waals surface area contributed by atoms with Crippen LogP contribution >= 0.6 is 11.6 Å². The van der Waals surface area contributed by atoms with Crippen LogP contribution in [-0.4, -0.2) is 18.0 Å². The molecule has 0 saturated heterocycles. The molecule has 4 nitrogen and oxygen atoms in total. The number of nitrogens with one attached hydrogen (secondary N) is 2. The number of anilines is 1. The molecule has 0 bridgehead atoms. The molecule has 0 aliphatic heterocycles. The largest absolute Gasteiger partial charge is 0.497 e. The molecular weight excluding hydrogens is 288 g/mol. The predicted molar refractivity (Wildman–Crippen MR) is 84.3 cm³/mol. The number of carbonyl (C=O) groups excluding carboxylic acids is 1. The normalized spacial score (nSPS) is 10.6. The number of H-pyrrole nitrogens is 1. The third-order valence-electron chi connectivity index (χ3n) is 3.16. The van der Waals surface area contributed by atoms with Gasteiger partial charge in [0.1, 0.15) is 11.4 Å². The minimum Gasteiger partial charge on any atom is -0.497 e. The van der Waals surface area contributed by atoms with E-state index in [2.05, 4.69) is 10.3 Å². The Morgan fingerprint density at radius 3 is 2.86 bits per heavy atom. The van der Waals surface area contributed by atoms with E-state index >= 15 is 0 Å². The third-order valence-corrected chi connectivity index (χ3v) is 3.39. The number of ether oxygens (including phenoxy) is 1. The maximum absolute atomic E-state index is 12.3. The van der Waals surface area contributed by atoms with Gasteiger partial charge in [-0.25, -0.2) is 0 Å². The van der Waals surface area contributed by atoms with E-state index in [1.807, 2.05) is 18.2 Å². The quantitative estimate of drug-likeness (QED) is 0.765. The Bertz CT molecular complexity index is 811. The van der Waals surface area contributed by atoms with Gasteiger partial charge in [0.2, 0.25) is 0 Å². The summed E-state index contributed by atoms with van der Waals surface area (Å²) in [7, 11) is 1.59. The highest BCUT2D eigenvalue weighted by Gasteiger charge is 2.10. The van der Waals surface area contributed by atoms with Gasteiger partial charge in [0, 0.05) is 27.7 Å². The molecule has 106 valence electrons. The van der Waals surface area contributed by atoms with Crippen molar-refractivity contribution in [3.05, 3.63) is 59.2 Å². The maximum atomic E-state index is 12.3. The van der Waals surface area contributed by atoms with Gasteiger partial charge in [-0.1, -0.05) is 23.7 Å². The highest BCUT2D eigenvalue weighted by atomic mass is 35.5. The maximum Gasteiger partial charge on any atom is 0.272 e. The van der Waals surface area contributed by atoms with Crippen LogP contribution in [0.2, 0.25) is 5.02 Å². The van der Waals surface area contributed by atoms with Crippen molar-refractivity contribution < 1.29 is 9.53 Å². The van der Waals surface area contributed by atoms with Crippen molar-refractivity contribution in [1.29, 1.82) is 0 Å². The lowest BCUT2D eigenvalue weighted by atomic mass is 10.2. The van der Waals surface area contributed by atoms with Gasteiger partial charge in [-0.3, -0.25) is 4.79 Å². The summed E-state index contributed by atoms with van der Waals surface area (Å²) in [5.41, 5.74) is 1.99. The highest BCUT2D eigenvalue weighted by Crippen LogP contribution is 2.21. The van der Waals surface area contributed by atoms with Crippen molar-refractivity contribution in [3.8, 4) is 5.75 Å². The molecular formula is C16H13ClN2O2. The minimum atomic E-state index is -0.212. The van der Waals surface area contributed by atoms with E-state index in [1.54, 1.807) is 37.4 Å². The predicted octanol–water partition coefficient (Wildman–Crippen LogP) is 4.08. The van der Waals surface area contributed by atoms with Crippen LogP contribution in [0.15, 0.2) is 48.5 Å². The zero-order valence-electron chi connectivity index (χ0n) is 11.3. The first-order valence-corrected chi connectivity index (χ1v) is 6.77. The van der Waals surface area contributed by atoms with Crippen LogP contribution in [0.1, 0.15) is 10.5 Å². The highest BCUT2D eigenvalue weighted by molar-refractivity contribution is 6.31. The number of hydrogen-bond donors (Lipinski definition) is 2. The van der Waals surface area contributed by atoms with Gasteiger partial charge in [-0.15, -0.1) is 0 Å². The fourth-order valence-electron chi connectivity index (χ4n) is 2.12. The lowest BCUT2D eigenvalue weighted by Gasteiger charge is -2.05. The first-order chi connectivity index (χ1) is 10.2. The molecule has 2 aromatic carbocycles. The van der Waals surface area contributed by atoms with E-state index in [0.29, 0.717) is 22.2 Å². The topological polar surface area (TPSA) is 54.1 Å². The van der Waals surface area contributed by atoms with Gasteiger partial charge in [0.15, 0.2) is 0 Å². The molecule has 21 heavy (non-hydrogen) atoms. The molecule has 3 aromatic rings. The van der Waals surface area contributed by atoms with E-state index in [4.69, 9.17) is 16.3 Å². The molecule has 1 heterocycles. The van der Waals surface area contributed by atoms with Gasteiger partial charge in [-0.2, -0.15) is 0 Å². The van der Waals surface area contributed by atoms with Crippen LogP contribution in [0.4, 0.5) is 5.69 Å². The number of methoxy groups -OCH3 is 1. The summed E-state index contributed by atoms with van der Waals surface area (Å²) in [4.78, 5) is 15.3. The second kappa shape index (κ2) is 5.50. The summed E-state index contributed by atoms with van der Waals surface area (Å²) in [6.07, 6.45) is 0. The number of carbonyl (C=O) groups is 1. The molecule has 1 aromatic heterocycles. The zero-order chi connectivity index (χ0) is 14.8. The van der Waals surface area contributed by atoms with Crippen LogP contribution in [-0.2, 0) is 0 Å². The van der Waals surface area contributed by atoms with Gasteiger partial charge in [0.05, 0.1) is 7.11 Å². The average Bonchev–Trinajstić information content (AvgIpc) is 2.90.